The maximum atomic E-state index is 12.2. The molecule has 1 aromatic rings. The number of rotatable bonds is 6. The fourth-order valence-corrected chi connectivity index (χ4v) is 1.78. The van der Waals surface area contributed by atoms with Gasteiger partial charge in [-0.25, -0.2) is 0 Å². The summed E-state index contributed by atoms with van der Waals surface area (Å²) in [6.07, 6.45) is -8.17. The van der Waals surface area contributed by atoms with E-state index >= 15 is 0 Å². The van der Waals surface area contributed by atoms with Crippen molar-refractivity contribution in [2.45, 2.75) is 45.0 Å². The van der Waals surface area contributed by atoms with Gasteiger partial charge in [0.2, 0.25) is 0 Å². The molecule has 0 saturated carbocycles. The van der Waals surface area contributed by atoms with Gasteiger partial charge in [0.15, 0.2) is 0 Å². The van der Waals surface area contributed by atoms with Gasteiger partial charge in [0.05, 0.1) is 0 Å². The minimum absolute atomic E-state index is 0.0782. The third-order valence-electron chi connectivity index (χ3n) is 2.67. The summed E-state index contributed by atoms with van der Waals surface area (Å²) < 4.78 is 80.7. The molecule has 0 aliphatic heterocycles. The molecule has 1 aromatic carbocycles. The van der Waals surface area contributed by atoms with Gasteiger partial charge in [-0.3, -0.25) is 0 Å². The first-order valence-corrected chi connectivity index (χ1v) is 6.42. The van der Waals surface area contributed by atoms with Crippen LogP contribution in [0.4, 0.5) is 26.3 Å². The molecule has 22 heavy (non-hydrogen) atoms. The molecule has 0 radical (unpaired) electrons. The molecule has 2 N–H and O–H groups in total. The van der Waals surface area contributed by atoms with E-state index in [0.29, 0.717) is 18.9 Å². The quantitative estimate of drug-likeness (QED) is 0.770. The first-order valence-electron chi connectivity index (χ1n) is 6.42. The first-order chi connectivity index (χ1) is 10.00. The summed E-state index contributed by atoms with van der Waals surface area (Å²) in [5.74, 6) is -1.62. The molecule has 9 heteroatoms. The maximum Gasteiger partial charge on any atom is 0.573 e. The highest BCUT2D eigenvalue weighted by atomic mass is 19.4. The Bertz CT molecular complexity index is 452. The molecular weight excluding hydrogens is 316 g/mol. The van der Waals surface area contributed by atoms with Crippen LogP contribution in [0, 0.1) is 0 Å². The predicted octanol–water partition coefficient (Wildman–Crippen LogP) is 4.67. The lowest BCUT2D eigenvalue weighted by atomic mass is 10.0. The van der Waals surface area contributed by atoms with E-state index in [9.17, 15) is 26.3 Å². The van der Waals surface area contributed by atoms with E-state index in [0.717, 1.165) is 18.6 Å². The number of alkyl halides is 6. The van der Waals surface area contributed by atoms with Crippen LogP contribution in [0.2, 0.25) is 0 Å². The minimum Gasteiger partial charge on any atom is -0.406 e. The van der Waals surface area contributed by atoms with Crippen LogP contribution in [-0.4, -0.2) is 12.7 Å². The highest BCUT2D eigenvalue weighted by Crippen LogP contribution is 2.33. The average molecular weight is 331 g/mol. The fourth-order valence-electron chi connectivity index (χ4n) is 1.78. The van der Waals surface area contributed by atoms with E-state index in [1.807, 2.05) is 6.92 Å². The summed E-state index contributed by atoms with van der Waals surface area (Å²) >= 11 is 0. The Morgan fingerprint density at radius 3 is 1.77 bits per heavy atom. The Hall–Kier alpha value is -1.64. The Balaban J connectivity index is 3.08. The molecular formula is C13H15F6NO2. The van der Waals surface area contributed by atoms with E-state index in [1.165, 1.54) is 0 Å². The summed E-state index contributed by atoms with van der Waals surface area (Å²) in [6, 6.07) is 1.71. The molecule has 0 fully saturated rings. The highest BCUT2D eigenvalue weighted by Gasteiger charge is 2.34. The van der Waals surface area contributed by atoms with Crippen LogP contribution in [0.15, 0.2) is 18.2 Å². The smallest absolute Gasteiger partial charge is 0.406 e. The lowest BCUT2D eigenvalue weighted by molar-refractivity contribution is -0.276. The van der Waals surface area contributed by atoms with E-state index in [-0.39, 0.29) is 5.56 Å². The van der Waals surface area contributed by atoms with Crippen molar-refractivity contribution in [1.82, 2.24) is 0 Å². The number of nitrogens with two attached hydrogens (primary N) is 1. The lowest BCUT2D eigenvalue weighted by Gasteiger charge is -2.17. The number of hydrogen-bond donors (Lipinski definition) is 1. The largest absolute Gasteiger partial charge is 0.573 e. The van der Waals surface area contributed by atoms with E-state index in [1.54, 1.807) is 0 Å². The van der Waals surface area contributed by atoms with Crippen LogP contribution >= 0.6 is 0 Å². The van der Waals surface area contributed by atoms with Gasteiger partial charge in [-0.05, 0) is 24.1 Å². The zero-order valence-electron chi connectivity index (χ0n) is 11.6. The maximum absolute atomic E-state index is 12.2. The Kier molecular flexibility index (Phi) is 5.92. The van der Waals surface area contributed by atoms with Crippen LogP contribution in [0.25, 0.3) is 0 Å². The van der Waals surface area contributed by atoms with Gasteiger partial charge < -0.3 is 15.2 Å². The van der Waals surface area contributed by atoms with Gasteiger partial charge in [0, 0.05) is 12.1 Å². The van der Waals surface area contributed by atoms with Gasteiger partial charge >= 0.3 is 12.7 Å². The second-order valence-electron chi connectivity index (χ2n) is 4.58. The number of ether oxygens (including phenoxy) is 2. The topological polar surface area (TPSA) is 44.5 Å². The molecule has 0 heterocycles. The normalized spacial score (nSPS) is 13.8. The predicted molar refractivity (Wildman–Crippen MR) is 66.3 cm³/mol. The summed E-state index contributed by atoms with van der Waals surface area (Å²) in [6.45, 7) is 1.88. The van der Waals surface area contributed by atoms with Gasteiger partial charge in [-0.2, -0.15) is 0 Å². The van der Waals surface area contributed by atoms with Crippen LogP contribution in [-0.2, 0) is 0 Å². The molecule has 0 spiro atoms. The molecule has 0 amide bonds. The van der Waals surface area contributed by atoms with Crippen LogP contribution in [0.1, 0.15) is 37.8 Å². The summed E-state index contributed by atoms with van der Waals surface area (Å²) in [5, 5.41) is 0. The second-order valence-corrected chi connectivity index (χ2v) is 4.58. The molecule has 1 rings (SSSR count). The van der Waals surface area contributed by atoms with Gasteiger partial charge in [0.25, 0.3) is 0 Å². The Morgan fingerprint density at radius 1 is 0.955 bits per heavy atom. The van der Waals surface area contributed by atoms with Crippen molar-refractivity contribution < 1.29 is 35.8 Å². The fraction of sp³-hybridized carbons (Fsp3) is 0.538. The molecule has 0 saturated heterocycles. The van der Waals surface area contributed by atoms with Gasteiger partial charge in [-0.1, -0.05) is 19.8 Å². The molecule has 0 aromatic heterocycles. The number of benzene rings is 1. The van der Waals surface area contributed by atoms with Crippen molar-refractivity contribution in [3.05, 3.63) is 23.8 Å². The van der Waals surface area contributed by atoms with E-state index in [4.69, 9.17) is 5.73 Å². The van der Waals surface area contributed by atoms with E-state index in [2.05, 4.69) is 9.47 Å². The zero-order chi connectivity index (χ0) is 17.0. The highest BCUT2D eigenvalue weighted by molar-refractivity contribution is 5.40. The summed E-state index contributed by atoms with van der Waals surface area (Å²) in [7, 11) is 0. The minimum atomic E-state index is -5.03. The summed E-state index contributed by atoms with van der Waals surface area (Å²) in [5.41, 5.74) is 5.85. The summed E-state index contributed by atoms with van der Waals surface area (Å²) in [4.78, 5) is 0. The molecule has 0 bridgehead atoms. The standard InChI is InChI=1S/C13H15F6NO2/c1-2-3-4-11(20)8-5-9(21-12(14,15)16)7-10(6-8)22-13(17,18)19/h5-7,11H,2-4,20H2,1H3/t11-/m1/s1. The monoisotopic (exact) mass is 331 g/mol. The Morgan fingerprint density at radius 2 is 1.41 bits per heavy atom. The third-order valence-corrected chi connectivity index (χ3v) is 2.67. The molecule has 0 aliphatic rings. The van der Waals surface area contributed by atoms with Gasteiger partial charge in [-0.15, -0.1) is 26.3 Å². The molecule has 0 unspecified atom stereocenters. The molecule has 126 valence electrons. The molecule has 3 nitrogen and oxygen atoms in total. The van der Waals surface area contributed by atoms with Crippen molar-refractivity contribution in [3.63, 3.8) is 0 Å². The SMILES string of the molecule is CCCC[C@@H](N)c1cc(OC(F)(F)F)cc(OC(F)(F)F)c1. The number of unbranched alkanes of at least 4 members (excludes halogenated alkanes) is 1. The van der Waals surface area contributed by atoms with Crippen LogP contribution in [0.3, 0.4) is 0 Å². The van der Waals surface area contributed by atoms with Crippen LogP contribution in [0.5, 0.6) is 11.5 Å². The van der Waals surface area contributed by atoms with Crippen molar-refractivity contribution >= 4 is 0 Å². The van der Waals surface area contributed by atoms with Gasteiger partial charge in [0.1, 0.15) is 11.5 Å². The third kappa shape index (κ3) is 6.88. The van der Waals surface area contributed by atoms with Crippen LogP contribution < -0.4 is 15.2 Å². The molecule has 1 atom stereocenters. The van der Waals surface area contributed by atoms with Crippen molar-refractivity contribution in [1.29, 1.82) is 0 Å². The first kappa shape index (κ1) is 18.4. The molecule has 0 aliphatic carbocycles. The Labute approximate surface area is 123 Å². The lowest BCUT2D eigenvalue weighted by Crippen LogP contribution is -2.20. The van der Waals surface area contributed by atoms with Crippen molar-refractivity contribution in [2.75, 3.05) is 0 Å². The number of hydrogen-bond acceptors (Lipinski definition) is 3. The zero-order valence-corrected chi connectivity index (χ0v) is 11.6. The van der Waals surface area contributed by atoms with E-state index < -0.39 is 30.3 Å². The average Bonchev–Trinajstić information content (AvgIpc) is 2.31. The second kappa shape index (κ2) is 7.08. The number of halogens is 6. The van der Waals surface area contributed by atoms with Crippen molar-refractivity contribution in [3.8, 4) is 11.5 Å². The van der Waals surface area contributed by atoms with Crippen molar-refractivity contribution in [2.24, 2.45) is 5.73 Å².